The molecule has 0 spiro atoms. The largest absolute Gasteiger partial charge is 0.491 e. The summed E-state index contributed by atoms with van der Waals surface area (Å²) in [5, 5.41) is 4.64. The Morgan fingerprint density at radius 2 is 1.78 bits per heavy atom. The van der Waals surface area contributed by atoms with Crippen molar-refractivity contribution in [2.24, 2.45) is 0 Å². The number of hydrogen-bond donors (Lipinski definition) is 2. The number of allylic oxidation sites excluding steroid dienone is 2. The number of halogens is 2. The maximum absolute atomic E-state index is 12.5. The molecular weight excluding hydrogens is 447 g/mol. The molecule has 32 heavy (non-hydrogen) atoms. The fraction of sp³-hybridized carbons (Fsp3) is 0.0417. The second kappa shape index (κ2) is 9.68. The SMILES string of the molecule is CO/C(=C\C=C\c1cc2cc(Cl)c(Cl)cc2[nH]1)C(=O)Nc1cnc(-c2ccccc2)nc1. The summed E-state index contributed by atoms with van der Waals surface area (Å²) in [5.74, 6) is 0.300. The Bertz CT molecular complexity index is 1270. The maximum atomic E-state index is 12.5. The Morgan fingerprint density at radius 3 is 2.50 bits per heavy atom. The van der Waals surface area contributed by atoms with Gasteiger partial charge in [0.25, 0.3) is 5.91 Å². The summed E-state index contributed by atoms with van der Waals surface area (Å²) in [4.78, 5) is 24.4. The van der Waals surface area contributed by atoms with E-state index in [0.29, 0.717) is 21.6 Å². The van der Waals surface area contributed by atoms with Crippen molar-refractivity contribution in [3.63, 3.8) is 0 Å². The fourth-order valence-electron chi connectivity index (χ4n) is 3.04. The average Bonchev–Trinajstić information content (AvgIpc) is 3.19. The van der Waals surface area contributed by atoms with Crippen LogP contribution in [0.25, 0.3) is 28.4 Å². The lowest BCUT2D eigenvalue weighted by Crippen LogP contribution is -2.15. The van der Waals surface area contributed by atoms with Crippen molar-refractivity contribution in [3.8, 4) is 11.4 Å². The van der Waals surface area contributed by atoms with Crippen LogP contribution in [-0.2, 0) is 9.53 Å². The third-order valence-electron chi connectivity index (χ3n) is 4.59. The van der Waals surface area contributed by atoms with Crippen molar-refractivity contribution in [1.82, 2.24) is 15.0 Å². The van der Waals surface area contributed by atoms with Crippen LogP contribution in [-0.4, -0.2) is 28.0 Å². The zero-order valence-corrected chi connectivity index (χ0v) is 18.5. The summed E-state index contributed by atoms with van der Waals surface area (Å²) >= 11 is 12.1. The number of ether oxygens (including phenoxy) is 1. The molecule has 0 fully saturated rings. The van der Waals surface area contributed by atoms with Gasteiger partial charge in [0.05, 0.1) is 35.2 Å². The number of hydrogen-bond acceptors (Lipinski definition) is 4. The Balaban J connectivity index is 1.44. The van der Waals surface area contributed by atoms with Gasteiger partial charge < -0.3 is 15.0 Å². The lowest BCUT2D eigenvalue weighted by atomic mass is 10.2. The lowest BCUT2D eigenvalue weighted by molar-refractivity contribution is -0.115. The van der Waals surface area contributed by atoms with Gasteiger partial charge in [0.15, 0.2) is 11.6 Å². The molecule has 0 aliphatic rings. The van der Waals surface area contributed by atoms with Crippen LogP contribution in [0.2, 0.25) is 10.0 Å². The first-order chi connectivity index (χ1) is 15.5. The molecule has 2 heterocycles. The number of carbonyl (C=O) groups excluding carboxylic acids is 1. The van der Waals surface area contributed by atoms with Crippen molar-refractivity contribution in [2.45, 2.75) is 0 Å². The second-order valence-corrected chi connectivity index (χ2v) is 7.60. The molecule has 6 nitrogen and oxygen atoms in total. The number of rotatable bonds is 6. The van der Waals surface area contributed by atoms with E-state index in [4.69, 9.17) is 27.9 Å². The summed E-state index contributed by atoms with van der Waals surface area (Å²) in [7, 11) is 1.43. The number of anilines is 1. The number of H-pyrrole nitrogens is 1. The zero-order chi connectivity index (χ0) is 22.5. The standard InChI is InChI=1S/C24H18Cl2N4O2/c1-32-22(9-5-8-17-10-16-11-19(25)20(26)12-21(16)29-17)24(31)30-18-13-27-23(28-14-18)15-6-3-2-4-7-15/h2-14,29H,1H3,(H,30,31)/b8-5+,22-9-. The monoisotopic (exact) mass is 464 g/mol. The molecule has 160 valence electrons. The highest BCUT2D eigenvalue weighted by atomic mass is 35.5. The predicted molar refractivity (Wildman–Crippen MR) is 129 cm³/mol. The molecule has 0 radical (unpaired) electrons. The van der Waals surface area contributed by atoms with Gasteiger partial charge in [-0.15, -0.1) is 0 Å². The molecule has 8 heteroatoms. The number of methoxy groups -OCH3 is 1. The molecule has 0 aliphatic carbocycles. The van der Waals surface area contributed by atoms with E-state index in [2.05, 4.69) is 20.3 Å². The summed E-state index contributed by atoms with van der Waals surface area (Å²) in [6.07, 6.45) is 8.20. The van der Waals surface area contributed by atoms with E-state index in [0.717, 1.165) is 22.2 Å². The van der Waals surface area contributed by atoms with Crippen LogP contribution in [0.15, 0.2) is 78.8 Å². The van der Waals surface area contributed by atoms with Gasteiger partial charge in [-0.2, -0.15) is 0 Å². The van der Waals surface area contributed by atoms with Crippen molar-refractivity contribution in [2.75, 3.05) is 12.4 Å². The highest BCUT2D eigenvalue weighted by molar-refractivity contribution is 6.42. The molecule has 4 aromatic rings. The lowest BCUT2D eigenvalue weighted by Gasteiger charge is -2.07. The van der Waals surface area contributed by atoms with E-state index in [1.165, 1.54) is 7.11 Å². The molecular formula is C24H18Cl2N4O2. The Morgan fingerprint density at radius 1 is 1.06 bits per heavy atom. The quantitative estimate of drug-likeness (QED) is 0.205. The number of carbonyl (C=O) groups is 1. The summed E-state index contributed by atoms with van der Waals surface area (Å²) in [5.41, 5.74) is 3.06. The van der Waals surface area contributed by atoms with Crippen LogP contribution in [0.1, 0.15) is 5.69 Å². The first kappa shape index (κ1) is 21.6. The fourth-order valence-corrected chi connectivity index (χ4v) is 3.37. The van der Waals surface area contributed by atoms with Crippen LogP contribution in [0, 0.1) is 0 Å². The van der Waals surface area contributed by atoms with E-state index < -0.39 is 5.91 Å². The van der Waals surface area contributed by atoms with Crippen molar-refractivity contribution < 1.29 is 9.53 Å². The van der Waals surface area contributed by atoms with E-state index in [1.54, 1.807) is 36.7 Å². The average molecular weight is 465 g/mol. The molecule has 0 aliphatic heterocycles. The van der Waals surface area contributed by atoms with E-state index >= 15 is 0 Å². The number of amides is 1. The minimum Gasteiger partial charge on any atom is -0.491 e. The minimum absolute atomic E-state index is 0.135. The number of aromatic amines is 1. The van der Waals surface area contributed by atoms with Gasteiger partial charge in [-0.25, -0.2) is 9.97 Å². The molecule has 0 bridgehead atoms. The van der Waals surface area contributed by atoms with Crippen LogP contribution in [0.4, 0.5) is 5.69 Å². The Labute approximate surface area is 194 Å². The molecule has 2 aromatic heterocycles. The van der Waals surface area contributed by atoms with Crippen LogP contribution in [0.3, 0.4) is 0 Å². The van der Waals surface area contributed by atoms with Gasteiger partial charge in [-0.05, 0) is 30.4 Å². The third-order valence-corrected chi connectivity index (χ3v) is 5.31. The molecule has 0 saturated carbocycles. The van der Waals surface area contributed by atoms with Crippen molar-refractivity contribution >= 4 is 51.8 Å². The van der Waals surface area contributed by atoms with Crippen LogP contribution in [0.5, 0.6) is 0 Å². The van der Waals surface area contributed by atoms with Gasteiger partial charge in [0, 0.05) is 22.2 Å². The highest BCUT2D eigenvalue weighted by Crippen LogP contribution is 2.28. The first-order valence-corrected chi connectivity index (χ1v) is 10.4. The summed E-state index contributed by atoms with van der Waals surface area (Å²) in [6.45, 7) is 0. The highest BCUT2D eigenvalue weighted by Gasteiger charge is 2.10. The molecule has 0 atom stereocenters. The van der Waals surface area contributed by atoms with Gasteiger partial charge in [0.1, 0.15) is 0 Å². The number of benzene rings is 2. The molecule has 2 N–H and O–H groups in total. The first-order valence-electron chi connectivity index (χ1n) is 9.62. The van der Waals surface area contributed by atoms with Gasteiger partial charge >= 0.3 is 0 Å². The smallest absolute Gasteiger partial charge is 0.290 e. The summed E-state index contributed by atoms with van der Waals surface area (Å²) in [6, 6.07) is 15.1. The molecule has 2 aromatic carbocycles. The Kier molecular flexibility index (Phi) is 6.54. The maximum Gasteiger partial charge on any atom is 0.290 e. The van der Waals surface area contributed by atoms with Crippen LogP contribution < -0.4 is 5.32 Å². The Hall–Kier alpha value is -3.61. The van der Waals surface area contributed by atoms with Gasteiger partial charge in [-0.3, -0.25) is 4.79 Å². The summed E-state index contributed by atoms with van der Waals surface area (Å²) < 4.78 is 5.22. The molecule has 4 rings (SSSR count). The molecule has 1 amide bonds. The number of aromatic nitrogens is 3. The normalized spacial score (nSPS) is 11.8. The van der Waals surface area contributed by atoms with E-state index in [-0.39, 0.29) is 5.76 Å². The molecule has 0 unspecified atom stereocenters. The van der Waals surface area contributed by atoms with Gasteiger partial charge in [-0.1, -0.05) is 59.6 Å². The number of fused-ring (bicyclic) bond motifs is 1. The predicted octanol–water partition coefficient (Wildman–Crippen LogP) is 6.11. The van der Waals surface area contributed by atoms with Crippen molar-refractivity contribution in [1.29, 1.82) is 0 Å². The second-order valence-electron chi connectivity index (χ2n) is 6.79. The van der Waals surface area contributed by atoms with E-state index in [9.17, 15) is 4.79 Å². The van der Waals surface area contributed by atoms with Crippen molar-refractivity contribution in [3.05, 3.63) is 94.6 Å². The number of nitrogens with one attached hydrogen (secondary N) is 2. The van der Waals surface area contributed by atoms with Gasteiger partial charge in [0.2, 0.25) is 0 Å². The third kappa shape index (κ3) is 4.99. The van der Waals surface area contributed by atoms with E-state index in [1.807, 2.05) is 42.5 Å². The topological polar surface area (TPSA) is 79.9 Å². The number of nitrogens with zero attached hydrogens (tertiary/aromatic N) is 2. The minimum atomic E-state index is -0.413. The molecule has 0 saturated heterocycles. The zero-order valence-electron chi connectivity index (χ0n) is 17.0. The van der Waals surface area contributed by atoms with Crippen LogP contribution >= 0.6 is 23.2 Å².